The molecule has 0 saturated carbocycles. The van der Waals surface area contributed by atoms with E-state index in [1.165, 1.54) is 23.8 Å². The van der Waals surface area contributed by atoms with Crippen molar-refractivity contribution >= 4 is 21.9 Å². The molecule has 2 aromatic carbocycles. The monoisotopic (exact) mass is 377 g/mol. The van der Waals surface area contributed by atoms with Crippen molar-refractivity contribution in [1.29, 1.82) is 0 Å². The Bertz CT molecular complexity index is 693. The number of rotatable bonds is 4. The summed E-state index contributed by atoms with van der Waals surface area (Å²) in [6.07, 6.45) is 0.695. The fourth-order valence-electron chi connectivity index (χ4n) is 2.75. The zero-order chi connectivity index (χ0) is 16.2. The molecule has 3 rings (SSSR count). The average Bonchev–Trinajstić information content (AvgIpc) is 2.95. The number of esters is 1. The Hall–Kier alpha value is -1.72. The Morgan fingerprint density at radius 2 is 2.04 bits per heavy atom. The van der Waals surface area contributed by atoms with Gasteiger partial charge in [0.2, 0.25) is 0 Å². The molecule has 0 aliphatic carbocycles. The van der Waals surface area contributed by atoms with Crippen LogP contribution < -0.4 is 0 Å². The normalized spacial score (nSPS) is 18.1. The van der Waals surface area contributed by atoms with Gasteiger partial charge < -0.3 is 4.74 Å². The van der Waals surface area contributed by atoms with Crippen molar-refractivity contribution in [2.45, 2.75) is 19.1 Å². The highest BCUT2D eigenvalue weighted by atomic mass is 79.9. The van der Waals surface area contributed by atoms with Crippen LogP contribution >= 0.6 is 15.9 Å². The molecule has 1 saturated heterocycles. The molecule has 0 amide bonds. The molecule has 0 aromatic heterocycles. The molecule has 0 unspecified atom stereocenters. The maximum atomic E-state index is 13.1. The maximum absolute atomic E-state index is 13.1. The Labute approximate surface area is 143 Å². The summed E-state index contributed by atoms with van der Waals surface area (Å²) in [5, 5.41) is 0. The highest BCUT2D eigenvalue weighted by Crippen LogP contribution is 2.22. The standard InChI is InChI=1S/C18H17BrFNO2/c19-17-10-14(20)6-7-16(17)18(22)23-15-8-9-21(12-15)11-13-4-2-1-3-5-13/h1-7,10,15H,8-9,11-12H2/t15-/m1/s1. The molecule has 1 atom stereocenters. The minimum Gasteiger partial charge on any atom is -0.457 e. The zero-order valence-corrected chi connectivity index (χ0v) is 14.1. The Morgan fingerprint density at radius 3 is 2.78 bits per heavy atom. The van der Waals surface area contributed by atoms with E-state index in [2.05, 4.69) is 33.0 Å². The zero-order valence-electron chi connectivity index (χ0n) is 12.5. The van der Waals surface area contributed by atoms with E-state index < -0.39 is 5.97 Å². The smallest absolute Gasteiger partial charge is 0.339 e. The van der Waals surface area contributed by atoms with Gasteiger partial charge in [0, 0.05) is 24.1 Å². The molecular formula is C18H17BrFNO2. The van der Waals surface area contributed by atoms with Crippen LogP contribution in [-0.4, -0.2) is 30.1 Å². The van der Waals surface area contributed by atoms with Gasteiger partial charge in [0.1, 0.15) is 11.9 Å². The highest BCUT2D eigenvalue weighted by molar-refractivity contribution is 9.10. The van der Waals surface area contributed by atoms with Crippen LogP contribution in [0.15, 0.2) is 53.0 Å². The molecular weight excluding hydrogens is 361 g/mol. The van der Waals surface area contributed by atoms with Crippen LogP contribution in [0.25, 0.3) is 0 Å². The van der Waals surface area contributed by atoms with Gasteiger partial charge >= 0.3 is 5.97 Å². The van der Waals surface area contributed by atoms with E-state index in [1.54, 1.807) is 0 Å². The van der Waals surface area contributed by atoms with E-state index in [4.69, 9.17) is 4.74 Å². The number of benzene rings is 2. The van der Waals surface area contributed by atoms with Crippen LogP contribution in [0, 0.1) is 5.82 Å². The van der Waals surface area contributed by atoms with Crippen LogP contribution in [0.5, 0.6) is 0 Å². The molecule has 2 aromatic rings. The van der Waals surface area contributed by atoms with Crippen molar-refractivity contribution in [1.82, 2.24) is 4.90 Å². The Kier molecular flexibility index (Phi) is 5.08. The SMILES string of the molecule is O=C(O[C@@H]1CCN(Cc2ccccc2)C1)c1ccc(F)cc1Br. The molecule has 0 spiro atoms. The topological polar surface area (TPSA) is 29.5 Å². The molecule has 0 N–H and O–H groups in total. The van der Waals surface area contributed by atoms with Gasteiger partial charge in [0.15, 0.2) is 0 Å². The Balaban J connectivity index is 1.56. The van der Waals surface area contributed by atoms with E-state index in [0.717, 1.165) is 26.1 Å². The van der Waals surface area contributed by atoms with E-state index in [9.17, 15) is 9.18 Å². The van der Waals surface area contributed by atoms with Gasteiger partial charge in [-0.2, -0.15) is 0 Å². The number of hydrogen-bond donors (Lipinski definition) is 0. The summed E-state index contributed by atoms with van der Waals surface area (Å²) < 4.78 is 19.1. The first-order valence-corrected chi connectivity index (χ1v) is 8.33. The molecule has 120 valence electrons. The number of ether oxygens (including phenoxy) is 1. The molecule has 1 aliphatic rings. The third kappa shape index (κ3) is 4.18. The van der Waals surface area contributed by atoms with Crippen LogP contribution in [0.4, 0.5) is 4.39 Å². The predicted molar refractivity (Wildman–Crippen MR) is 89.6 cm³/mol. The van der Waals surface area contributed by atoms with Crippen molar-refractivity contribution in [2.24, 2.45) is 0 Å². The van der Waals surface area contributed by atoms with E-state index in [-0.39, 0.29) is 11.9 Å². The second-order valence-corrected chi connectivity index (χ2v) is 6.52. The van der Waals surface area contributed by atoms with Crippen molar-refractivity contribution in [3.05, 3.63) is 69.9 Å². The molecule has 0 bridgehead atoms. The van der Waals surface area contributed by atoms with Gasteiger partial charge in [0.25, 0.3) is 0 Å². The fraction of sp³-hybridized carbons (Fsp3) is 0.278. The summed E-state index contributed by atoms with van der Waals surface area (Å²) >= 11 is 3.20. The van der Waals surface area contributed by atoms with Crippen molar-refractivity contribution < 1.29 is 13.9 Å². The summed E-state index contributed by atoms with van der Waals surface area (Å²) in [7, 11) is 0. The lowest BCUT2D eigenvalue weighted by Gasteiger charge is -2.16. The molecule has 1 aliphatic heterocycles. The summed E-state index contributed by atoms with van der Waals surface area (Å²) in [5.41, 5.74) is 1.61. The van der Waals surface area contributed by atoms with Crippen LogP contribution in [-0.2, 0) is 11.3 Å². The number of halogens is 2. The first kappa shape index (κ1) is 16.1. The van der Waals surface area contributed by atoms with E-state index in [0.29, 0.717) is 10.0 Å². The summed E-state index contributed by atoms with van der Waals surface area (Å²) in [6.45, 7) is 2.48. The van der Waals surface area contributed by atoms with Gasteiger partial charge in [-0.25, -0.2) is 9.18 Å². The molecule has 23 heavy (non-hydrogen) atoms. The first-order valence-electron chi connectivity index (χ1n) is 7.54. The maximum Gasteiger partial charge on any atom is 0.339 e. The molecule has 3 nitrogen and oxygen atoms in total. The van der Waals surface area contributed by atoms with Crippen molar-refractivity contribution in [2.75, 3.05) is 13.1 Å². The number of hydrogen-bond acceptors (Lipinski definition) is 3. The lowest BCUT2D eigenvalue weighted by Crippen LogP contribution is -2.25. The van der Waals surface area contributed by atoms with Gasteiger partial charge in [-0.3, -0.25) is 4.90 Å². The minimum atomic E-state index is -0.413. The van der Waals surface area contributed by atoms with E-state index in [1.807, 2.05) is 18.2 Å². The first-order chi connectivity index (χ1) is 11.1. The fourth-order valence-corrected chi connectivity index (χ4v) is 3.26. The second kappa shape index (κ2) is 7.23. The number of likely N-dealkylation sites (tertiary alicyclic amines) is 1. The van der Waals surface area contributed by atoms with Gasteiger partial charge in [-0.15, -0.1) is 0 Å². The lowest BCUT2D eigenvalue weighted by atomic mass is 10.2. The second-order valence-electron chi connectivity index (χ2n) is 5.66. The van der Waals surface area contributed by atoms with Crippen molar-refractivity contribution in [3.8, 4) is 0 Å². The van der Waals surface area contributed by atoms with Crippen LogP contribution in [0.3, 0.4) is 0 Å². The predicted octanol–water partition coefficient (Wildman–Crippen LogP) is 4.02. The van der Waals surface area contributed by atoms with Crippen LogP contribution in [0.2, 0.25) is 0 Å². The summed E-state index contributed by atoms with van der Waals surface area (Å²) in [5.74, 6) is -0.799. The summed E-state index contributed by atoms with van der Waals surface area (Å²) in [4.78, 5) is 14.5. The van der Waals surface area contributed by atoms with Crippen molar-refractivity contribution in [3.63, 3.8) is 0 Å². The van der Waals surface area contributed by atoms with Gasteiger partial charge in [-0.1, -0.05) is 30.3 Å². The lowest BCUT2D eigenvalue weighted by molar-refractivity contribution is 0.0319. The molecule has 1 heterocycles. The summed E-state index contributed by atoms with van der Waals surface area (Å²) in [6, 6.07) is 14.2. The molecule has 1 fully saturated rings. The van der Waals surface area contributed by atoms with Crippen LogP contribution in [0.1, 0.15) is 22.3 Å². The van der Waals surface area contributed by atoms with Gasteiger partial charge in [0.05, 0.1) is 5.56 Å². The molecule has 0 radical (unpaired) electrons. The third-order valence-electron chi connectivity index (χ3n) is 3.90. The average molecular weight is 378 g/mol. The number of carbonyl (C=O) groups is 1. The number of carbonyl (C=O) groups excluding carboxylic acids is 1. The quantitative estimate of drug-likeness (QED) is 0.753. The van der Waals surface area contributed by atoms with Gasteiger partial charge in [-0.05, 0) is 46.1 Å². The molecule has 5 heteroatoms. The van der Waals surface area contributed by atoms with E-state index >= 15 is 0 Å². The largest absolute Gasteiger partial charge is 0.457 e. The Morgan fingerprint density at radius 1 is 1.26 bits per heavy atom. The highest BCUT2D eigenvalue weighted by Gasteiger charge is 2.26. The minimum absolute atomic E-state index is 0.122. The number of nitrogens with zero attached hydrogens (tertiary/aromatic N) is 1. The third-order valence-corrected chi connectivity index (χ3v) is 4.56.